The van der Waals surface area contributed by atoms with Gasteiger partial charge in [-0.1, -0.05) is 32.6 Å². The van der Waals surface area contributed by atoms with Gasteiger partial charge in [0, 0.05) is 6.42 Å². The lowest BCUT2D eigenvalue weighted by molar-refractivity contribution is -0.143. The van der Waals surface area contributed by atoms with E-state index < -0.39 is 10.1 Å². The monoisotopic (exact) mass is 280 g/mol. The molecule has 6 heteroatoms. The second-order valence-electron chi connectivity index (χ2n) is 4.38. The summed E-state index contributed by atoms with van der Waals surface area (Å²) in [6.45, 7) is 2.37. The van der Waals surface area contributed by atoms with E-state index in [1.807, 2.05) is 0 Å². The van der Waals surface area contributed by atoms with E-state index in [9.17, 15) is 13.2 Å². The Balaban J connectivity index is 3.32. The van der Waals surface area contributed by atoms with Crippen molar-refractivity contribution in [1.29, 1.82) is 0 Å². The van der Waals surface area contributed by atoms with Gasteiger partial charge in [0.05, 0.1) is 12.4 Å². The van der Waals surface area contributed by atoms with Gasteiger partial charge >= 0.3 is 5.97 Å². The van der Waals surface area contributed by atoms with Crippen LogP contribution < -0.4 is 0 Å². The first-order valence-electron chi connectivity index (χ1n) is 6.56. The van der Waals surface area contributed by atoms with E-state index in [2.05, 4.69) is 6.92 Å². The normalized spacial score (nSPS) is 11.4. The highest BCUT2D eigenvalue weighted by atomic mass is 32.2. The van der Waals surface area contributed by atoms with Gasteiger partial charge < -0.3 is 4.74 Å². The van der Waals surface area contributed by atoms with Crippen molar-refractivity contribution < 1.29 is 22.5 Å². The molecular weight excluding hydrogens is 256 g/mol. The van der Waals surface area contributed by atoms with Crippen LogP contribution >= 0.6 is 0 Å². The Labute approximate surface area is 110 Å². The maximum Gasteiger partial charge on any atom is 0.305 e. The lowest BCUT2D eigenvalue weighted by Crippen LogP contribution is -2.08. The van der Waals surface area contributed by atoms with Crippen LogP contribution in [-0.4, -0.2) is 31.3 Å². The molecule has 0 spiro atoms. The van der Waals surface area contributed by atoms with Crippen LogP contribution in [0.3, 0.4) is 0 Å². The van der Waals surface area contributed by atoms with Crippen LogP contribution in [0.4, 0.5) is 0 Å². The number of rotatable bonds is 11. The number of hydrogen-bond acceptors (Lipinski definition) is 4. The molecule has 0 saturated carbocycles. The summed E-state index contributed by atoms with van der Waals surface area (Å²) >= 11 is 0. The third-order valence-corrected chi connectivity index (χ3v) is 3.35. The first kappa shape index (κ1) is 17.4. The second kappa shape index (κ2) is 10.3. The van der Waals surface area contributed by atoms with E-state index in [1.54, 1.807) is 0 Å². The van der Waals surface area contributed by atoms with Crippen molar-refractivity contribution in [3.8, 4) is 0 Å². The van der Waals surface area contributed by atoms with E-state index >= 15 is 0 Å². The molecule has 0 saturated heterocycles. The number of carbonyl (C=O) groups is 1. The smallest absolute Gasteiger partial charge is 0.305 e. The highest BCUT2D eigenvalue weighted by Gasteiger charge is 2.05. The topological polar surface area (TPSA) is 80.7 Å². The summed E-state index contributed by atoms with van der Waals surface area (Å²) in [5.41, 5.74) is 0. The zero-order chi connectivity index (χ0) is 13.9. The van der Waals surface area contributed by atoms with Gasteiger partial charge in [-0.05, 0) is 19.3 Å². The molecule has 5 nitrogen and oxygen atoms in total. The van der Waals surface area contributed by atoms with Gasteiger partial charge in [0.15, 0.2) is 0 Å². The fraction of sp³-hybridized carbons (Fsp3) is 0.917. The van der Waals surface area contributed by atoms with Gasteiger partial charge in [-0.15, -0.1) is 0 Å². The summed E-state index contributed by atoms with van der Waals surface area (Å²) in [5, 5.41) is 0. The molecule has 108 valence electrons. The molecule has 0 aliphatic carbocycles. The van der Waals surface area contributed by atoms with Gasteiger partial charge in [-0.2, -0.15) is 8.42 Å². The summed E-state index contributed by atoms with van der Waals surface area (Å²) in [7, 11) is -3.89. The summed E-state index contributed by atoms with van der Waals surface area (Å²) < 4.78 is 34.2. The van der Waals surface area contributed by atoms with E-state index in [4.69, 9.17) is 9.29 Å². The first-order chi connectivity index (χ1) is 8.45. The molecule has 0 atom stereocenters. The number of carbonyl (C=O) groups excluding carboxylic acids is 1. The minimum absolute atomic E-state index is 0.224. The maximum atomic E-state index is 11.2. The van der Waals surface area contributed by atoms with Crippen molar-refractivity contribution in [3.63, 3.8) is 0 Å². The van der Waals surface area contributed by atoms with Crippen molar-refractivity contribution in [3.05, 3.63) is 0 Å². The van der Waals surface area contributed by atoms with Gasteiger partial charge in [0.2, 0.25) is 0 Å². The van der Waals surface area contributed by atoms with Crippen LogP contribution in [0, 0.1) is 0 Å². The van der Waals surface area contributed by atoms with Crippen LogP contribution in [0.1, 0.15) is 58.3 Å². The molecule has 0 fully saturated rings. The molecule has 0 rings (SSSR count). The van der Waals surface area contributed by atoms with Crippen molar-refractivity contribution in [2.24, 2.45) is 0 Å². The molecule has 0 aromatic carbocycles. The van der Waals surface area contributed by atoms with Crippen molar-refractivity contribution in [2.75, 3.05) is 12.4 Å². The quantitative estimate of drug-likeness (QED) is 0.357. The third-order valence-electron chi connectivity index (χ3n) is 2.54. The Morgan fingerprint density at radius 1 is 1.06 bits per heavy atom. The minimum atomic E-state index is -3.89. The van der Waals surface area contributed by atoms with Crippen molar-refractivity contribution in [2.45, 2.75) is 58.3 Å². The molecule has 0 aliphatic rings. The largest absolute Gasteiger partial charge is 0.466 e. The van der Waals surface area contributed by atoms with Crippen molar-refractivity contribution >= 4 is 16.1 Å². The molecule has 0 amide bonds. The molecular formula is C12H24O5S. The molecule has 0 aromatic rings. The maximum absolute atomic E-state index is 11.2. The Bertz CT molecular complexity index is 310. The Morgan fingerprint density at radius 2 is 1.72 bits per heavy atom. The standard InChI is InChI=1S/C12H24O5S/c1-2-3-4-5-6-9-12(13)17-10-7-8-11-18(14,15)16/h2-11H2,1H3,(H,14,15,16). The number of unbranched alkanes of at least 4 members (excludes halogenated alkanes) is 5. The lowest BCUT2D eigenvalue weighted by atomic mass is 10.1. The summed E-state index contributed by atoms with van der Waals surface area (Å²) in [4.78, 5) is 11.2. The highest BCUT2D eigenvalue weighted by molar-refractivity contribution is 7.85. The van der Waals surface area contributed by atoms with Gasteiger partial charge in [-0.25, -0.2) is 0 Å². The predicted octanol–water partition coefficient (Wildman–Crippen LogP) is 2.56. The van der Waals surface area contributed by atoms with E-state index in [0.29, 0.717) is 19.3 Å². The van der Waals surface area contributed by atoms with Gasteiger partial charge in [0.25, 0.3) is 10.1 Å². The molecule has 1 N–H and O–H groups in total. The summed E-state index contributed by atoms with van der Waals surface area (Å²) in [5.74, 6) is -0.500. The molecule has 0 heterocycles. The SMILES string of the molecule is CCCCCCCC(=O)OCCCCS(=O)(=O)O. The molecule has 0 bridgehead atoms. The van der Waals surface area contributed by atoms with Gasteiger partial charge in [0.1, 0.15) is 0 Å². The molecule has 0 aromatic heterocycles. The Morgan fingerprint density at radius 3 is 2.33 bits per heavy atom. The molecule has 18 heavy (non-hydrogen) atoms. The molecule has 0 aliphatic heterocycles. The highest BCUT2D eigenvalue weighted by Crippen LogP contribution is 2.06. The predicted molar refractivity (Wildman–Crippen MR) is 70.0 cm³/mol. The Hall–Kier alpha value is -0.620. The fourth-order valence-corrected chi connectivity index (χ4v) is 2.09. The van der Waals surface area contributed by atoms with Crippen LogP contribution in [0.5, 0.6) is 0 Å². The average molecular weight is 280 g/mol. The minimum Gasteiger partial charge on any atom is -0.466 e. The van der Waals surface area contributed by atoms with Crippen LogP contribution in [0.2, 0.25) is 0 Å². The van der Waals surface area contributed by atoms with E-state index in [1.165, 1.54) is 12.8 Å². The third kappa shape index (κ3) is 13.4. The van der Waals surface area contributed by atoms with Crippen LogP contribution in [0.15, 0.2) is 0 Å². The second-order valence-corrected chi connectivity index (χ2v) is 5.95. The van der Waals surface area contributed by atoms with Gasteiger partial charge in [-0.3, -0.25) is 9.35 Å². The molecule has 0 radical (unpaired) electrons. The van der Waals surface area contributed by atoms with E-state index in [-0.39, 0.29) is 18.3 Å². The zero-order valence-electron chi connectivity index (χ0n) is 11.1. The van der Waals surface area contributed by atoms with Crippen LogP contribution in [0.25, 0.3) is 0 Å². The molecule has 0 unspecified atom stereocenters. The van der Waals surface area contributed by atoms with Crippen molar-refractivity contribution in [1.82, 2.24) is 0 Å². The first-order valence-corrected chi connectivity index (χ1v) is 8.17. The number of esters is 1. The van der Waals surface area contributed by atoms with Crippen LogP contribution in [-0.2, 0) is 19.6 Å². The zero-order valence-corrected chi connectivity index (χ0v) is 11.9. The summed E-state index contributed by atoms with van der Waals surface area (Å²) in [6, 6.07) is 0. The fourth-order valence-electron chi connectivity index (χ4n) is 1.52. The Kier molecular flexibility index (Phi) is 9.96. The average Bonchev–Trinajstić information content (AvgIpc) is 2.27. The number of ether oxygens (including phenoxy) is 1. The lowest BCUT2D eigenvalue weighted by Gasteiger charge is -2.04. The van der Waals surface area contributed by atoms with E-state index in [0.717, 1.165) is 19.3 Å². The summed E-state index contributed by atoms with van der Waals surface area (Å²) in [6.07, 6.45) is 6.63. The number of hydrogen-bond donors (Lipinski definition) is 1.